The zero-order chi connectivity index (χ0) is 18.7. The zero-order valence-corrected chi connectivity index (χ0v) is 14.7. The van der Waals surface area contributed by atoms with Crippen molar-refractivity contribution in [1.82, 2.24) is 0 Å². The van der Waals surface area contributed by atoms with Gasteiger partial charge in [-0.15, -0.1) is 0 Å². The molecule has 0 radical (unpaired) electrons. The highest BCUT2D eigenvalue weighted by molar-refractivity contribution is 5.96. The maximum Gasteiger partial charge on any atom is 0.335 e. The first-order valence-electron chi connectivity index (χ1n) is 8.93. The Morgan fingerprint density at radius 1 is 1.04 bits per heavy atom. The number of unbranched alkanes of at least 4 members (excludes halogenated alkanes) is 3. The Bertz CT molecular complexity index is 1000. The lowest BCUT2D eigenvalue weighted by Gasteiger charge is -2.11. The smallest absolute Gasteiger partial charge is 0.335 e. The van der Waals surface area contributed by atoms with Crippen molar-refractivity contribution in [3.05, 3.63) is 57.7 Å². The van der Waals surface area contributed by atoms with E-state index in [4.69, 9.17) is 9.52 Å². The fraction of sp³-hybridized carbons (Fsp3) is 0.333. The molecule has 1 unspecified atom stereocenters. The van der Waals surface area contributed by atoms with E-state index in [1.807, 2.05) is 0 Å². The summed E-state index contributed by atoms with van der Waals surface area (Å²) < 4.78 is 5.79. The molecule has 0 aliphatic carbocycles. The molecule has 5 nitrogen and oxygen atoms in total. The summed E-state index contributed by atoms with van der Waals surface area (Å²) in [4.78, 5) is 23.8. The molecule has 2 aromatic carbocycles. The van der Waals surface area contributed by atoms with Crippen molar-refractivity contribution in [1.29, 1.82) is 0 Å². The predicted octanol–water partition coefficient (Wildman–Crippen LogP) is 4.65. The van der Waals surface area contributed by atoms with E-state index in [0.717, 1.165) is 31.2 Å². The van der Waals surface area contributed by atoms with Gasteiger partial charge in [0.25, 0.3) is 0 Å². The SMILES string of the molecule is CCCCCCC(O)c1ccc2c(=O)c3cc(C(=O)O)ccc3oc2c1. The Hall–Kier alpha value is -2.66. The van der Waals surface area contributed by atoms with Crippen LogP contribution in [0.15, 0.2) is 45.6 Å². The summed E-state index contributed by atoms with van der Waals surface area (Å²) in [6.45, 7) is 2.14. The first-order valence-corrected chi connectivity index (χ1v) is 8.93. The van der Waals surface area contributed by atoms with Gasteiger partial charge in [0.2, 0.25) is 5.43 Å². The van der Waals surface area contributed by atoms with Crippen LogP contribution in [0.5, 0.6) is 0 Å². The van der Waals surface area contributed by atoms with Gasteiger partial charge >= 0.3 is 5.97 Å². The van der Waals surface area contributed by atoms with Crippen LogP contribution in [0.2, 0.25) is 0 Å². The average molecular weight is 354 g/mol. The molecule has 0 amide bonds. The Labute approximate surface area is 150 Å². The molecule has 0 fully saturated rings. The molecule has 3 aromatic rings. The number of fused-ring (bicyclic) bond motifs is 2. The molecule has 0 spiro atoms. The van der Waals surface area contributed by atoms with Gasteiger partial charge in [-0.05, 0) is 42.3 Å². The van der Waals surface area contributed by atoms with Gasteiger partial charge in [0, 0.05) is 0 Å². The third kappa shape index (κ3) is 3.63. The summed E-state index contributed by atoms with van der Waals surface area (Å²) in [6.07, 6.45) is 4.43. The average Bonchev–Trinajstić information content (AvgIpc) is 2.64. The third-order valence-electron chi connectivity index (χ3n) is 4.66. The van der Waals surface area contributed by atoms with Gasteiger partial charge in [-0.1, -0.05) is 38.7 Å². The van der Waals surface area contributed by atoms with E-state index in [2.05, 4.69) is 6.92 Å². The van der Waals surface area contributed by atoms with E-state index in [9.17, 15) is 14.7 Å². The molecular formula is C21H22O5. The molecular weight excluding hydrogens is 332 g/mol. The van der Waals surface area contributed by atoms with E-state index in [1.54, 1.807) is 18.2 Å². The summed E-state index contributed by atoms with van der Waals surface area (Å²) in [7, 11) is 0. The number of benzene rings is 2. The van der Waals surface area contributed by atoms with Gasteiger partial charge in [0.05, 0.1) is 22.4 Å². The monoisotopic (exact) mass is 354 g/mol. The molecule has 1 atom stereocenters. The first-order chi connectivity index (χ1) is 12.5. The summed E-state index contributed by atoms with van der Waals surface area (Å²) in [5.41, 5.74) is 1.23. The summed E-state index contributed by atoms with van der Waals surface area (Å²) in [6, 6.07) is 9.31. The van der Waals surface area contributed by atoms with Crippen molar-refractivity contribution >= 4 is 27.9 Å². The number of hydrogen-bond donors (Lipinski definition) is 2. The molecule has 3 rings (SSSR count). The van der Waals surface area contributed by atoms with Crippen molar-refractivity contribution in [2.45, 2.75) is 45.1 Å². The highest BCUT2D eigenvalue weighted by Gasteiger charge is 2.14. The fourth-order valence-electron chi connectivity index (χ4n) is 3.14. The Morgan fingerprint density at radius 3 is 2.58 bits per heavy atom. The maximum atomic E-state index is 12.7. The lowest BCUT2D eigenvalue weighted by atomic mass is 10.0. The molecule has 0 saturated heterocycles. The summed E-state index contributed by atoms with van der Waals surface area (Å²) >= 11 is 0. The second-order valence-electron chi connectivity index (χ2n) is 6.57. The number of carboxylic acids is 1. The summed E-state index contributed by atoms with van der Waals surface area (Å²) in [5, 5.41) is 20.1. The van der Waals surface area contributed by atoms with Crippen LogP contribution in [-0.4, -0.2) is 16.2 Å². The Balaban J connectivity index is 1.97. The van der Waals surface area contributed by atoms with Crippen LogP contribution < -0.4 is 5.43 Å². The Morgan fingerprint density at radius 2 is 1.85 bits per heavy atom. The van der Waals surface area contributed by atoms with Gasteiger partial charge in [0.15, 0.2) is 0 Å². The third-order valence-corrected chi connectivity index (χ3v) is 4.66. The molecule has 1 heterocycles. The molecule has 2 N–H and O–H groups in total. The molecule has 136 valence electrons. The second kappa shape index (κ2) is 7.70. The van der Waals surface area contributed by atoms with Crippen LogP contribution in [0.1, 0.15) is 61.1 Å². The number of aliphatic hydroxyl groups is 1. The van der Waals surface area contributed by atoms with E-state index in [-0.39, 0.29) is 16.4 Å². The van der Waals surface area contributed by atoms with Gasteiger partial charge in [0.1, 0.15) is 11.2 Å². The first kappa shape index (κ1) is 18.1. The van der Waals surface area contributed by atoms with Crippen LogP contribution >= 0.6 is 0 Å². The van der Waals surface area contributed by atoms with Gasteiger partial charge in [-0.25, -0.2) is 4.79 Å². The topological polar surface area (TPSA) is 87.7 Å². The van der Waals surface area contributed by atoms with Crippen LogP contribution in [0, 0.1) is 0 Å². The molecule has 1 aromatic heterocycles. The van der Waals surface area contributed by atoms with E-state index in [0.29, 0.717) is 23.0 Å². The minimum Gasteiger partial charge on any atom is -0.478 e. The van der Waals surface area contributed by atoms with Crippen LogP contribution in [0.4, 0.5) is 0 Å². The van der Waals surface area contributed by atoms with Crippen molar-refractivity contribution in [2.75, 3.05) is 0 Å². The fourth-order valence-corrected chi connectivity index (χ4v) is 3.14. The van der Waals surface area contributed by atoms with E-state index < -0.39 is 12.1 Å². The standard InChI is InChI=1S/C21H22O5/c1-2-3-4-5-6-17(22)13-7-9-15-19(12-13)26-18-10-8-14(21(24)25)11-16(18)20(15)23/h7-12,17,22H,2-6H2,1H3,(H,24,25). The van der Waals surface area contributed by atoms with Crippen molar-refractivity contribution < 1.29 is 19.4 Å². The Kier molecular flexibility index (Phi) is 5.38. The van der Waals surface area contributed by atoms with Gasteiger partial charge in [-0.3, -0.25) is 4.79 Å². The molecule has 0 saturated carbocycles. The molecule has 0 bridgehead atoms. The maximum absolute atomic E-state index is 12.7. The van der Waals surface area contributed by atoms with Gasteiger partial charge in [-0.2, -0.15) is 0 Å². The van der Waals surface area contributed by atoms with Crippen molar-refractivity contribution in [3.8, 4) is 0 Å². The highest BCUT2D eigenvalue weighted by atomic mass is 16.4. The highest BCUT2D eigenvalue weighted by Crippen LogP contribution is 2.25. The molecule has 0 aliphatic rings. The number of aromatic carboxylic acids is 1. The second-order valence-corrected chi connectivity index (χ2v) is 6.57. The number of carbonyl (C=O) groups is 1. The lowest BCUT2D eigenvalue weighted by Crippen LogP contribution is -2.05. The van der Waals surface area contributed by atoms with Crippen LogP contribution in [-0.2, 0) is 0 Å². The quantitative estimate of drug-likeness (QED) is 0.476. The van der Waals surface area contributed by atoms with Crippen LogP contribution in [0.3, 0.4) is 0 Å². The molecule has 0 aliphatic heterocycles. The number of rotatable bonds is 7. The minimum atomic E-state index is -1.09. The van der Waals surface area contributed by atoms with E-state index in [1.165, 1.54) is 18.2 Å². The predicted molar refractivity (Wildman–Crippen MR) is 101 cm³/mol. The van der Waals surface area contributed by atoms with Crippen LogP contribution in [0.25, 0.3) is 21.9 Å². The number of hydrogen-bond acceptors (Lipinski definition) is 4. The largest absolute Gasteiger partial charge is 0.478 e. The molecule has 5 heteroatoms. The minimum absolute atomic E-state index is 0.0447. The molecule has 26 heavy (non-hydrogen) atoms. The van der Waals surface area contributed by atoms with Crippen molar-refractivity contribution in [2.24, 2.45) is 0 Å². The lowest BCUT2D eigenvalue weighted by molar-refractivity contribution is 0.0697. The zero-order valence-electron chi connectivity index (χ0n) is 14.7. The number of aliphatic hydroxyl groups excluding tert-OH is 1. The van der Waals surface area contributed by atoms with Crippen molar-refractivity contribution in [3.63, 3.8) is 0 Å². The summed E-state index contributed by atoms with van der Waals surface area (Å²) in [5.74, 6) is -1.09. The van der Waals surface area contributed by atoms with Gasteiger partial charge < -0.3 is 14.6 Å². The number of carboxylic acid groups (broad SMARTS) is 1. The van der Waals surface area contributed by atoms with E-state index >= 15 is 0 Å². The normalized spacial score (nSPS) is 12.5.